The third-order valence-corrected chi connectivity index (χ3v) is 2.46. The Hall–Kier alpha value is -2.01. The van der Waals surface area contributed by atoms with Gasteiger partial charge in [-0.05, 0) is 25.1 Å². The van der Waals surface area contributed by atoms with Crippen LogP contribution in [-0.2, 0) is 9.53 Å². The SMILES string of the molecule is COC(C)C(=O)Nc1ccc2nccnc2c1. The maximum Gasteiger partial charge on any atom is 0.253 e. The van der Waals surface area contributed by atoms with Crippen molar-refractivity contribution in [3.63, 3.8) is 0 Å². The first-order valence-electron chi connectivity index (χ1n) is 5.25. The summed E-state index contributed by atoms with van der Waals surface area (Å²) in [6, 6.07) is 5.38. The number of rotatable bonds is 3. The molecule has 17 heavy (non-hydrogen) atoms. The van der Waals surface area contributed by atoms with Gasteiger partial charge in [-0.15, -0.1) is 0 Å². The molecule has 0 bridgehead atoms. The molecule has 0 fully saturated rings. The number of amides is 1. The van der Waals surface area contributed by atoms with Gasteiger partial charge in [-0.1, -0.05) is 0 Å². The van der Waals surface area contributed by atoms with Crippen molar-refractivity contribution in [1.29, 1.82) is 0 Å². The number of fused-ring (bicyclic) bond motifs is 1. The molecule has 0 saturated carbocycles. The summed E-state index contributed by atoms with van der Waals surface area (Å²) in [4.78, 5) is 19.9. The predicted octanol–water partition coefficient (Wildman–Crippen LogP) is 1.60. The van der Waals surface area contributed by atoms with Gasteiger partial charge in [0.15, 0.2) is 0 Å². The van der Waals surface area contributed by atoms with Crippen LogP contribution in [0, 0.1) is 0 Å². The van der Waals surface area contributed by atoms with E-state index >= 15 is 0 Å². The third-order valence-electron chi connectivity index (χ3n) is 2.46. The number of anilines is 1. The van der Waals surface area contributed by atoms with E-state index in [1.54, 1.807) is 31.5 Å². The van der Waals surface area contributed by atoms with Crippen LogP contribution in [0.2, 0.25) is 0 Å². The van der Waals surface area contributed by atoms with Crippen LogP contribution in [0.25, 0.3) is 11.0 Å². The van der Waals surface area contributed by atoms with E-state index in [-0.39, 0.29) is 5.91 Å². The molecule has 0 spiro atoms. The average Bonchev–Trinajstić information content (AvgIpc) is 2.37. The van der Waals surface area contributed by atoms with E-state index in [1.807, 2.05) is 6.07 Å². The largest absolute Gasteiger partial charge is 0.372 e. The zero-order chi connectivity index (χ0) is 12.3. The molecule has 2 rings (SSSR count). The minimum atomic E-state index is -0.479. The number of aromatic nitrogens is 2. The summed E-state index contributed by atoms with van der Waals surface area (Å²) in [5, 5.41) is 2.75. The molecule has 1 atom stereocenters. The van der Waals surface area contributed by atoms with E-state index in [0.717, 1.165) is 11.0 Å². The summed E-state index contributed by atoms with van der Waals surface area (Å²) >= 11 is 0. The smallest absolute Gasteiger partial charge is 0.253 e. The standard InChI is InChI=1S/C12H13N3O2/c1-8(17-2)12(16)15-9-3-4-10-11(7-9)14-6-5-13-10/h3-8H,1-2H3,(H,15,16). The van der Waals surface area contributed by atoms with Crippen LogP contribution in [0.5, 0.6) is 0 Å². The van der Waals surface area contributed by atoms with Crippen molar-refractivity contribution in [2.45, 2.75) is 13.0 Å². The fraction of sp³-hybridized carbons (Fsp3) is 0.250. The highest BCUT2D eigenvalue weighted by atomic mass is 16.5. The lowest BCUT2D eigenvalue weighted by atomic mass is 10.2. The number of benzene rings is 1. The molecule has 1 amide bonds. The van der Waals surface area contributed by atoms with Crippen molar-refractivity contribution < 1.29 is 9.53 Å². The molecule has 0 aliphatic heterocycles. The Labute approximate surface area is 98.8 Å². The molecule has 1 unspecified atom stereocenters. The van der Waals surface area contributed by atoms with Gasteiger partial charge in [-0.2, -0.15) is 0 Å². The summed E-state index contributed by atoms with van der Waals surface area (Å²) in [5.74, 6) is -0.184. The summed E-state index contributed by atoms with van der Waals surface area (Å²) in [6.45, 7) is 1.69. The Kier molecular flexibility index (Phi) is 3.30. The highest BCUT2D eigenvalue weighted by Crippen LogP contribution is 2.15. The Morgan fingerprint density at radius 1 is 1.29 bits per heavy atom. The van der Waals surface area contributed by atoms with E-state index in [1.165, 1.54) is 7.11 Å². The molecule has 0 radical (unpaired) electrons. The van der Waals surface area contributed by atoms with Gasteiger partial charge < -0.3 is 10.1 Å². The number of hydrogen-bond acceptors (Lipinski definition) is 4. The van der Waals surface area contributed by atoms with Crippen LogP contribution in [0.1, 0.15) is 6.92 Å². The molecule has 2 aromatic rings. The van der Waals surface area contributed by atoms with Gasteiger partial charge in [0.2, 0.25) is 0 Å². The quantitative estimate of drug-likeness (QED) is 0.871. The number of carbonyl (C=O) groups excluding carboxylic acids is 1. The van der Waals surface area contributed by atoms with Gasteiger partial charge >= 0.3 is 0 Å². The Morgan fingerprint density at radius 2 is 2.00 bits per heavy atom. The molecular formula is C12H13N3O2. The van der Waals surface area contributed by atoms with Crippen LogP contribution in [0.4, 0.5) is 5.69 Å². The van der Waals surface area contributed by atoms with Crippen molar-refractivity contribution >= 4 is 22.6 Å². The van der Waals surface area contributed by atoms with E-state index in [2.05, 4.69) is 15.3 Å². The van der Waals surface area contributed by atoms with Crippen molar-refractivity contribution in [3.05, 3.63) is 30.6 Å². The molecule has 5 nitrogen and oxygen atoms in total. The monoisotopic (exact) mass is 231 g/mol. The van der Waals surface area contributed by atoms with Crippen molar-refractivity contribution in [2.24, 2.45) is 0 Å². The second-order valence-corrected chi connectivity index (χ2v) is 3.63. The number of nitrogens with one attached hydrogen (secondary N) is 1. The molecule has 0 aliphatic carbocycles. The van der Waals surface area contributed by atoms with Gasteiger partial charge in [0.25, 0.3) is 5.91 Å². The van der Waals surface area contributed by atoms with Crippen molar-refractivity contribution in [3.8, 4) is 0 Å². The maximum atomic E-state index is 11.6. The van der Waals surface area contributed by atoms with Crippen LogP contribution >= 0.6 is 0 Å². The Morgan fingerprint density at radius 3 is 2.71 bits per heavy atom. The van der Waals surface area contributed by atoms with E-state index in [0.29, 0.717) is 5.69 Å². The topological polar surface area (TPSA) is 64.1 Å². The number of hydrogen-bond donors (Lipinski definition) is 1. The number of ether oxygens (including phenoxy) is 1. The summed E-state index contributed by atoms with van der Waals surface area (Å²) in [7, 11) is 1.50. The fourth-order valence-corrected chi connectivity index (χ4v) is 1.39. The predicted molar refractivity (Wildman–Crippen MR) is 64.6 cm³/mol. The van der Waals surface area contributed by atoms with E-state index < -0.39 is 6.10 Å². The zero-order valence-corrected chi connectivity index (χ0v) is 9.68. The zero-order valence-electron chi connectivity index (χ0n) is 9.68. The molecular weight excluding hydrogens is 218 g/mol. The van der Waals surface area contributed by atoms with Gasteiger partial charge in [-0.3, -0.25) is 14.8 Å². The fourth-order valence-electron chi connectivity index (χ4n) is 1.39. The Balaban J connectivity index is 2.22. The van der Waals surface area contributed by atoms with Crippen LogP contribution in [0.3, 0.4) is 0 Å². The second-order valence-electron chi connectivity index (χ2n) is 3.63. The minimum Gasteiger partial charge on any atom is -0.372 e. The highest BCUT2D eigenvalue weighted by molar-refractivity contribution is 5.95. The molecule has 1 aromatic heterocycles. The van der Waals surface area contributed by atoms with Crippen LogP contribution < -0.4 is 5.32 Å². The number of nitrogens with zero attached hydrogens (tertiary/aromatic N) is 2. The van der Waals surface area contributed by atoms with Gasteiger partial charge in [-0.25, -0.2) is 0 Å². The average molecular weight is 231 g/mol. The first-order valence-corrected chi connectivity index (χ1v) is 5.25. The summed E-state index contributed by atoms with van der Waals surface area (Å²) < 4.78 is 4.93. The van der Waals surface area contributed by atoms with Crippen LogP contribution in [-0.4, -0.2) is 29.1 Å². The molecule has 1 aromatic carbocycles. The minimum absolute atomic E-state index is 0.184. The first-order chi connectivity index (χ1) is 8.20. The van der Waals surface area contributed by atoms with Crippen LogP contribution in [0.15, 0.2) is 30.6 Å². The van der Waals surface area contributed by atoms with E-state index in [4.69, 9.17) is 4.74 Å². The molecule has 0 aliphatic rings. The maximum absolute atomic E-state index is 11.6. The number of carbonyl (C=O) groups is 1. The lowest BCUT2D eigenvalue weighted by Gasteiger charge is -2.10. The van der Waals surface area contributed by atoms with E-state index in [9.17, 15) is 4.79 Å². The van der Waals surface area contributed by atoms with Crippen molar-refractivity contribution in [2.75, 3.05) is 12.4 Å². The molecule has 1 heterocycles. The third kappa shape index (κ3) is 2.57. The second kappa shape index (κ2) is 4.88. The first kappa shape index (κ1) is 11.5. The Bertz CT molecular complexity index is 542. The highest BCUT2D eigenvalue weighted by Gasteiger charge is 2.11. The molecule has 1 N–H and O–H groups in total. The van der Waals surface area contributed by atoms with Gasteiger partial charge in [0.05, 0.1) is 11.0 Å². The van der Waals surface area contributed by atoms with Crippen molar-refractivity contribution in [1.82, 2.24) is 9.97 Å². The lowest BCUT2D eigenvalue weighted by Crippen LogP contribution is -2.26. The lowest BCUT2D eigenvalue weighted by molar-refractivity contribution is -0.124. The summed E-state index contributed by atoms with van der Waals surface area (Å²) in [6.07, 6.45) is 2.77. The number of methoxy groups -OCH3 is 1. The van der Waals surface area contributed by atoms with Gasteiger partial charge in [0.1, 0.15) is 6.10 Å². The normalized spacial score (nSPS) is 12.4. The molecule has 0 saturated heterocycles. The van der Waals surface area contributed by atoms with Gasteiger partial charge in [0, 0.05) is 25.2 Å². The molecule has 88 valence electrons. The summed E-state index contributed by atoms with van der Waals surface area (Å²) in [5.41, 5.74) is 2.23. The molecule has 5 heteroatoms.